The van der Waals surface area contributed by atoms with Crippen LogP contribution in [0.5, 0.6) is 5.75 Å². The lowest BCUT2D eigenvalue weighted by Crippen LogP contribution is -2.71. The van der Waals surface area contributed by atoms with Crippen LogP contribution in [0.1, 0.15) is 49.6 Å². The molecule has 0 radical (unpaired) electrons. The van der Waals surface area contributed by atoms with E-state index in [0.29, 0.717) is 16.7 Å². The molecule has 2 aliphatic heterocycles. The molecule has 0 spiro atoms. The minimum atomic E-state index is -1.26. The number of thioether (sulfide) groups is 1. The highest BCUT2D eigenvalue weighted by atomic mass is 32.2. The summed E-state index contributed by atoms with van der Waals surface area (Å²) in [4.78, 5) is 54.2. The van der Waals surface area contributed by atoms with Crippen molar-refractivity contribution >= 4 is 35.6 Å². The molecular formula is C33H33N3O8S. The molecule has 2 aliphatic rings. The van der Waals surface area contributed by atoms with E-state index in [-0.39, 0.29) is 23.0 Å². The summed E-state index contributed by atoms with van der Waals surface area (Å²) in [5, 5.41) is 24.9. The number of amides is 3. The number of hydrogen-bond acceptors (Lipinski definition) is 9. The highest BCUT2D eigenvalue weighted by molar-refractivity contribution is 8.00. The van der Waals surface area contributed by atoms with Crippen LogP contribution in [0.15, 0.2) is 96.4 Å². The van der Waals surface area contributed by atoms with E-state index in [1.54, 1.807) is 20.8 Å². The zero-order valence-corrected chi connectivity index (χ0v) is 25.6. The molecule has 1 fully saturated rings. The van der Waals surface area contributed by atoms with Gasteiger partial charge in [0.1, 0.15) is 34.6 Å². The number of fused-ring (bicyclic) bond motifs is 1. The first-order valence-electron chi connectivity index (χ1n) is 14.2. The maximum Gasteiger partial charge on any atom is 0.408 e. The van der Waals surface area contributed by atoms with Gasteiger partial charge in [-0.3, -0.25) is 14.5 Å². The third-order valence-electron chi connectivity index (χ3n) is 7.02. The lowest BCUT2D eigenvalue weighted by molar-refractivity contribution is -0.155. The van der Waals surface area contributed by atoms with Crippen molar-refractivity contribution in [1.82, 2.24) is 15.5 Å². The molecule has 0 aromatic heterocycles. The Morgan fingerprint density at radius 2 is 1.47 bits per heavy atom. The minimum absolute atomic E-state index is 0.00411. The molecular weight excluding hydrogens is 598 g/mol. The van der Waals surface area contributed by atoms with Gasteiger partial charge in [-0.15, -0.1) is 11.8 Å². The summed E-state index contributed by atoms with van der Waals surface area (Å²) < 4.78 is 11.2. The molecule has 2 heterocycles. The van der Waals surface area contributed by atoms with Crippen LogP contribution in [0.2, 0.25) is 0 Å². The van der Waals surface area contributed by atoms with Crippen LogP contribution >= 0.6 is 11.8 Å². The Labute approximate surface area is 264 Å². The average molecular weight is 632 g/mol. The van der Waals surface area contributed by atoms with Gasteiger partial charge in [-0.1, -0.05) is 72.8 Å². The van der Waals surface area contributed by atoms with Crippen molar-refractivity contribution in [3.63, 3.8) is 0 Å². The van der Waals surface area contributed by atoms with Crippen molar-refractivity contribution in [1.29, 1.82) is 0 Å². The van der Waals surface area contributed by atoms with Gasteiger partial charge < -0.3 is 30.3 Å². The number of benzene rings is 3. The van der Waals surface area contributed by atoms with Gasteiger partial charge in [0, 0.05) is 0 Å². The Hall–Kier alpha value is -4.97. The number of hydrogen-bond donors (Lipinski definition) is 4. The monoisotopic (exact) mass is 631 g/mol. The fraction of sp³-hybridized carbons (Fsp3) is 0.273. The van der Waals surface area contributed by atoms with E-state index in [4.69, 9.17) is 9.47 Å². The zero-order chi connectivity index (χ0) is 32.3. The van der Waals surface area contributed by atoms with Crippen molar-refractivity contribution in [3.8, 4) is 5.75 Å². The highest BCUT2D eigenvalue weighted by Crippen LogP contribution is 2.41. The largest absolute Gasteiger partial charge is 0.509 e. The Bertz CT molecular complexity index is 1570. The van der Waals surface area contributed by atoms with Crippen LogP contribution < -0.4 is 10.6 Å². The quantitative estimate of drug-likeness (QED) is 0.208. The fourth-order valence-corrected chi connectivity index (χ4v) is 6.17. The number of carbonyl (C=O) groups is 4. The smallest absolute Gasteiger partial charge is 0.408 e. The van der Waals surface area contributed by atoms with Gasteiger partial charge in [-0.25, -0.2) is 9.59 Å². The number of aromatic hydroxyl groups is 1. The molecule has 3 amide bonds. The predicted octanol–water partition coefficient (Wildman–Crippen LogP) is 4.46. The summed E-state index contributed by atoms with van der Waals surface area (Å²) in [6, 6.07) is 21.5. The molecule has 12 heteroatoms. The standard InChI is InChI=1S/C33H33N3O8S/c1-33(2,3)44-32(42)35-24(19-14-16-22(37)17-15-19)28(39)34-25-29(40)36-26(23(38)18-45-30(25)36)31(41)43-27(20-10-6-4-7-11-20)21-12-8-5-9-13-21/h4-17,24-25,27,30,37-38H,18H2,1-3H3,(H,34,39)(H,35,42)/t24?,25-,30+/m1/s1. The molecule has 4 N–H and O–H groups in total. The summed E-state index contributed by atoms with van der Waals surface area (Å²) in [7, 11) is 0. The number of aliphatic hydroxyl groups is 1. The number of esters is 1. The summed E-state index contributed by atoms with van der Waals surface area (Å²) in [5.41, 5.74) is 0.634. The van der Waals surface area contributed by atoms with E-state index in [1.807, 2.05) is 60.7 Å². The van der Waals surface area contributed by atoms with Crippen LogP contribution in [-0.2, 0) is 23.9 Å². The molecule has 234 valence electrons. The van der Waals surface area contributed by atoms with Gasteiger partial charge >= 0.3 is 12.1 Å². The summed E-state index contributed by atoms with van der Waals surface area (Å²) >= 11 is 1.17. The molecule has 11 nitrogen and oxygen atoms in total. The maximum absolute atomic E-state index is 13.6. The third kappa shape index (κ3) is 7.07. The minimum Gasteiger partial charge on any atom is -0.509 e. The van der Waals surface area contributed by atoms with Crippen LogP contribution in [0.3, 0.4) is 0 Å². The van der Waals surface area contributed by atoms with Gasteiger partial charge in [-0.2, -0.15) is 0 Å². The second-order valence-electron chi connectivity index (χ2n) is 11.5. The molecule has 3 aromatic carbocycles. The van der Waals surface area contributed by atoms with Crippen LogP contribution in [0, 0.1) is 0 Å². The van der Waals surface area contributed by atoms with E-state index in [9.17, 15) is 29.4 Å². The first-order chi connectivity index (χ1) is 21.4. The van der Waals surface area contributed by atoms with Crippen molar-refractivity contribution in [2.45, 2.75) is 49.9 Å². The Morgan fingerprint density at radius 1 is 0.889 bits per heavy atom. The Morgan fingerprint density at radius 3 is 2.02 bits per heavy atom. The summed E-state index contributed by atoms with van der Waals surface area (Å²) in [6.07, 6.45) is -1.65. The number of alkyl carbamates (subject to hydrolysis) is 1. The summed E-state index contributed by atoms with van der Waals surface area (Å²) in [5.74, 6) is -2.57. The molecule has 0 saturated carbocycles. The Kier molecular flexibility index (Phi) is 9.05. The average Bonchev–Trinajstić information content (AvgIpc) is 3.01. The third-order valence-corrected chi connectivity index (χ3v) is 8.28. The first kappa shape index (κ1) is 31.5. The zero-order valence-electron chi connectivity index (χ0n) is 24.8. The van der Waals surface area contributed by atoms with Gasteiger partial charge in [0.15, 0.2) is 11.8 Å². The van der Waals surface area contributed by atoms with E-state index in [1.165, 1.54) is 36.0 Å². The van der Waals surface area contributed by atoms with Crippen LogP contribution in [-0.4, -0.2) is 61.8 Å². The topological polar surface area (TPSA) is 154 Å². The number of nitrogens with zero attached hydrogens (tertiary/aromatic N) is 1. The number of nitrogens with one attached hydrogen (secondary N) is 2. The highest BCUT2D eigenvalue weighted by Gasteiger charge is 2.55. The van der Waals surface area contributed by atoms with Crippen molar-refractivity contribution in [3.05, 3.63) is 113 Å². The number of phenolic OH excluding ortho intramolecular Hbond substituents is 1. The van der Waals surface area contributed by atoms with Crippen LogP contribution in [0.4, 0.5) is 4.79 Å². The van der Waals surface area contributed by atoms with Crippen molar-refractivity contribution in [2.24, 2.45) is 0 Å². The SMILES string of the molecule is CC(C)(C)OC(=O)NC(C(=O)N[C@@H]1C(=O)N2C(C(=O)OC(c3ccccc3)c3ccccc3)=C(O)CS[C@@H]12)c1ccc(O)cc1. The van der Waals surface area contributed by atoms with E-state index in [0.717, 1.165) is 4.90 Å². The molecule has 45 heavy (non-hydrogen) atoms. The van der Waals surface area contributed by atoms with Gasteiger partial charge in [0.05, 0.1) is 5.75 Å². The molecule has 0 aliphatic carbocycles. The lowest BCUT2D eigenvalue weighted by Gasteiger charge is -2.49. The van der Waals surface area contributed by atoms with E-state index >= 15 is 0 Å². The number of phenols is 1. The van der Waals surface area contributed by atoms with Gasteiger partial charge in [0.2, 0.25) is 5.91 Å². The molecule has 3 aromatic rings. The van der Waals surface area contributed by atoms with Gasteiger partial charge in [-0.05, 0) is 49.6 Å². The normalized spacial score (nSPS) is 18.4. The first-order valence-corrected chi connectivity index (χ1v) is 15.2. The Balaban J connectivity index is 1.33. The summed E-state index contributed by atoms with van der Waals surface area (Å²) in [6.45, 7) is 5.03. The molecule has 1 saturated heterocycles. The maximum atomic E-state index is 13.6. The van der Waals surface area contributed by atoms with Crippen molar-refractivity contribution < 1.29 is 38.9 Å². The molecule has 5 rings (SSSR count). The number of ether oxygens (including phenoxy) is 2. The van der Waals surface area contributed by atoms with E-state index in [2.05, 4.69) is 10.6 Å². The second kappa shape index (κ2) is 12.9. The van der Waals surface area contributed by atoms with Crippen molar-refractivity contribution in [2.75, 3.05) is 5.75 Å². The lowest BCUT2D eigenvalue weighted by atomic mass is 10.0. The predicted molar refractivity (Wildman–Crippen MR) is 166 cm³/mol. The molecule has 0 bridgehead atoms. The molecule has 3 atom stereocenters. The number of aliphatic hydroxyl groups excluding tert-OH is 1. The molecule has 1 unspecified atom stereocenters. The number of β-lactam (4-membered cyclic amide) rings is 1. The second-order valence-corrected chi connectivity index (χ2v) is 12.6. The van der Waals surface area contributed by atoms with Crippen LogP contribution in [0.25, 0.3) is 0 Å². The number of rotatable bonds is 8. The van der Waals surface area contributed by atoms with E-state index < -0.39 is 53.0 Å². The van der Waals surface area contributed by atoms with Gasteiger partial charge in [0.25, 0.3) is 5.91 Å². The fourth-order valence-electron chi connectivity index (χ4n) is 4.97. The number of carbonyl (C=O) groups excluding carboxylic acids is 4.